The van der Waals surface area contributed by atoms with E-state index in [0.29, 0.717) is 12.1 Å². The Labute approximate surface area is 114 Å². The number of rotatable bonds is 3. The van der Waals surface area contributed by atoms with Crippen LogP contribution in [-0.4, -0.2) is 85.2 Å². The summed E-state index contributed by atoms with van der Waals surface area (Å²) in [5.41, 5.74) is 0. The van der Waals surface area contributed by atoms with Crippen molar-refractivity contribution in [2.45, 2.75) is 12.1 Å². The molecule has 1 N–H and O–H groups in total. The summed E-state index contributed by atoms with van der Waals surface area (Å²) in [6.07, 6.45) is 0. The van der Waals surface area contributed by atoms with Crippen LogP contribution in [0.4, 0.5) is 0 Å². The summed E-state index contributed by atoms with van der Waals surface area (Å²) >= 11 is 4.21. The summed E-state index contributed by atoms with van der Waals surface area (Å²) in [4.78, 5) is 4.95. The SMILES string of the molecule is CN1CCN(C)[C@@H](CNC2CSCCSC2)C1. The van der Waals surface area contributed by atoms with Gasteiger partial charge in [-0.15, -0.1) is 0 Å². The zero-order chi connectivity index (χ0) is 12.1. The quantitative estimate of drug-likeness (QED) is 0.814. The lowest BCUT2D eigenvalue weighted by Gasteiger charge is -2.38. The monoisotopic (exact) mass is 275 g/mol. The van der Waals surface area contributed by atoms with E-state index in [1.807, 2.05) is 0 Å². The van der Waals surface area contributed by atoms with Crippen LogP contribution in [0.2, 0.25) is 0 Å². The molecule has 3 nitrogen and oxygen atoms in total. The van der Waals surface area contributed by atoms with Crippen LogP contribution in [0, 0.1) is 0 Å². The Balaban J connectivity index is 1.72. The Bertz CT molecular complexity index is 220. The van der Waals surface area contributed by atoms with Crippen molar-refractivity contribution in [3.8, 4) is 0 Å². The molecule has 2 aliphatic heterocycles. The zero-order valence-corrected chi connectivity index (χ0v) is 12.7. The molecule has 0 aromatic rings. The van der Waals surface area contributed by atoms with Gasteiger partial charge >= 0.3 is 0 Å². The van der Waals surface area contributed by atoms with E-state index in [4.69, 9.17) is 0 Å². The maximum absolute atomic E-state index is 3.77. The van der Waals surface area contributed by atoms with Gasteiger partial charge in [-0.1, -0.05) is 0 Å². The van der Waals surface area contributed by atoms with Gasteiger partial charge in [-0.3, -0.25) is 4.90 Å². The molecule has 2 heterocycles. The summed E-state index contributed by atoms with van der Waals surface area (Å²) < 4.78 is 0. The molecule has 0 saturated carbocycles. The van der Waals surface area contributed by atoms with Crippen LogP contribution in [0.25, 0.3) is 0 Å². The summed E-state index contributed by atoms with van der Waals surface area (Å²) in [5.74, 6) is 5.24. The Morgan fingerprint density at radius 1 is 1.12 bits per heavy atom. The molecule has 0 aromatic carbocycles. The number of thioether (sulfide) groups is 2. The maximum Gasteiger partial charge on any atom is 0.0345 e. The van der Waals surface area contributed by atoms with Crippen molar-refractivity contribution in [1.29, 1.82) is 0 Å². The third-order valence-corrected chi connectivity index (χ3v) is 6.15. The number of nitrogens with zero attached hydrogens (tertiary/aromatic N) is 2. The van der Waals surface area contributed by atoms with Gasteiger partial charge in [0.25, 0.3) is 0 Å². The van der Waals surface area contributed by atoms with Crippen LogP contribution in [0.3, 0.4) is 0 Å². The predicted molar refractivity (Wildman–Crippen MR) is 80.4 cm³/mol. The molecular formula is C12H25N3S2. The number of nitrogens with one attached hydrogen (secondary N) is 1. The standard InChI is InChI=1S/C12H25N3S2/c1-14-3-4-15(2)12(8-14)7-13-11-9-16-5-6-17-10-11/h11-13H,3-10H2,1-2H3/t12-/m0/s1. The van der Waals surface area contributed by atoms with Crippen molar-refractivity contribution in [3.05, 3.63) is 0 Å². The van der Waals surface area contributed by atoms with Gasteiger partial charge in [-0.2, -0.15) is 23.5 Å². The van der Waals surface area contributed by atoms with E-state index in [-0.39, 0.29) is 0 Å². The molecule has 17 heavy (non-hydrogen) atoms. The van der Waals surface area contributed by atoms with Crippen LogP contribution in [0.1, 0.15) is 0 Å². The third kappa shape index (κ3) is 4.63. The average Bonchev–Trinajstić information content (AvgIpc) is 2.59. The number of hydrogen-bond acceptors (Lipinski definition) is 5. The molecule has 0 spiro atoms. The Hall–Kier alpha value is 0.580. The van der Waals surface area contributed by atoms with Gasteiger partial charge in [0.2, 0.25) is 0 Å². The van der Waals surface area contributed by atoms with Crippen molar-refractivity contribution in [3.63, 3.8) is 0 Å². The van der Waals surface area contributed by atoms with E-state index < -0.39 is 0 Å². The first-order valence-electron chi connectivity index (χ1n) is 6.53. The van der Waals surface area contributed by atoms with Crippen molar-refractivity contribution in [1.82, 2.24) is 15.1 Å². The van der Waals surface area contributed by atoms with Crippen LogP contribution in [0.15, 0.2) is 0 Å². The molecule has 5 heteroatoms. The van der Waals surface area contributed by atoms with E-state index in [1.54, 1.807) is 0 Å². The molecule has 0 unspecified atom stereocenters. The largest absolute Gasteiger partial charge is 0.311 e. The molecule has 0 radical (unpaired) electrons. The minimum atomic E-state index is 0.687. The van der Waals surface area contributed by atoms with Crippen molar-refractivity contribution in [2.75, 3.05) is 63.3 Å². The minimum Gasteiger partial charge on any atom is -0.311 e. The Morgan fingerprint density at radius 3 is 2.53 bits per heavy atom. The third-order valence-electron chi connectivity index (χ3n) is 3.63. The van der Waals surface area contributed by atoms with Crippen LogP contribution >= 0.6 is 23.5 Å². The molecule has 0 aromatic heterocycles. The van der Waals surface area contributed by atoms with Gasteiger partial charge in [0.05, 0.1) is 0 Å². The van der Waals surface area contributed by atoms with Gasteiger partial charge in [0, 0.05) is 61.3 Å². The summed E-state index contributed by atoms with van der Waals surface area (Å²) in [6.45, 7) is 4.77. The number of piperazine rings is 1. The molecule has 2 rings (SSSR count). The van der Waals surface area contributed by atoms with Gasteiger partial charge < -0.3 is 10.2 Å². The van der Waals surface area contributed by atoms with E-state index in [9.17, 15) is 0 Å². The molecule has 2 saturated heterocycles. The Kier molecular flexibility index (Phi) is 5.96. The summed E-state index contributed by atoms with van der Waals surface area (Å²) in [5, 5.41) is 3.77. The fraction of sp³-hybridized carbons (Fsp3) is 1.00. The first-order valence-corrected chi connectivity index (χ1v) is 8.84. The lowest BCUT2D eigenvalue weighted by Crippen LogP contribution is -2.55. The second-order valence-electron chi connectivity index (χ2n) is 5.15. The zero-order valence-electron chi connectivity index (χ0n) is 11.0. The van der Waals surface area contributed by atoms with Gasteiger partial charge in [0.15, 0.2) is 0 Å². The molecule has 2 aliphatic rings. The molecule has 0 aliphatic carbocycles. The van der Waals surface area contributed by atoms with Crippen LogP contribution < -0.4 is 5.32 Å². The molecule has 0 bridgehead atoms. The average molecular weight is 275 g/mol. The lowest BCUT2D eigenvalue weighted by molar-refractivity contribution is 0.112. The maximum atomic E-state index is 3.77. The molecule has 1 atom stereocenters. The van der Waals surface area contributed by atoms with Gasteiger partial charge in [-0.05, 0) is 14.1 Å². The van der Waals surface area contributed by atoms with Crippen molar-refractivity contribution >= 4 is 23.5 Å². The highest BCUT2D eigenvalue weighted by Crippen LogP contribution is 2.16. The van der Waals surface area contributed by atoms with Gasteiger partial charge in [0.1, 0.15) is 0 Å². The van der Waals surface area contributed by atoms with Gasteiger partial charge in [-0.25, -0.2) is 0 Å². The first-order chi connectivity index (χ1) is 8.25. The Morgan fingerprint density at radius 2 is 1.82 bits per heavy atom. The van der Waals surface area contributed by atoms with Crippen molar-refractivity contribution < 1.29 is 0 Å². The van der Waals surface area contributed by atoms with Crippen molar-refractivity contribution in [2.24, 2.45) is 0 Å². The normalized spacial score (nSPS) is 30.4. The second kappa shape index (κ2) is 7.24. The minimum absolute atomic E-state index is 0.687. The highest BCUT2D eigenvalue weighted by Gasteiger charge is 2.23. The fourth-order valence-corrected chi connectivity index (χ4v) is 4.83. The van der Waals surface area contributed by atoms with E-state index in [2.05, 4.69) is 52.7 Å². The van der Waals surface area contributed by atoms with E-state index in [1.165, 1.54) is 42.6 Å². The van der Waals surface area contributed by atoms with E-state index in [0.717, 1.165) is 6.54 Å². The smallest absolute Gasteiger partial charge is 0.0345 e. The van der Waals surface area contributed by atoms with Crippen LogP contribution in [-0.2, 0) is 0 Å². The molecule has 2 fully saturated rings. The summed E-state index contributed by atoms with van der Waals surface area (Å²) in [7, 11) is 4.49. The highest BCUT2D eigenvalue weighted by molar-refractivity contribution is 8.03. The first kappa shape index (κ1) is 14.0. The molecule has 0 amide bonds. The topological polar surface area (TPSA) is 18.5 Å². The number of likely N-dealkylation sites (N-methyl/N-ethyl adjacent to an activating group) is 2. The predicted octanol–water partition coefficient (Wildman–Crippen LogP) is 0.670. The molecule has 100 valence electrons. The highest BCUT2D eigenvalue weighted by atomic mass is 32.2. The lowest BCUT2D eigenvalue weighted by atomic mass is 10.2. The van der Waals surface area contributed by atoms with Crippen LogP contribution in [0.5, 0.6) is 0 Å². The summed E-state index contributed by atoms with van der Waals surface area (Å²) in [6, 6.07) is 1.40. The second-order valence-corrected chi connectivity index (χ2v) is 7.45. The molecular weight excluding hydrogens is 250 g/mol. The fourth-order valence-electron chi connectivity index (χ4n) is 2.36. The van der Waals surface area contributed by atoms with E-state index >= 15 is 0 Å². The number of hydrogen-bond donors (Lipinski definition) is 1.